The van der Waals surface area contributed by atoms with Gasteiger partial charge in [0.05, 0.1) is 11.3 Å². The van der Waals surface area contributed by atoms with E-state index in [0.717, 1.165) is 6.42 Å². The Balaban J connectivity index is 2.64. The predicted molar refractivity (Wildman–Crippen MR) is 65.9 cm³/mol. The van der Waals surface area contributed by atoms with Gasteiger partial charge in [0.15, 0.2) is 0 Å². The van der Waals surface area contributed by atoms with Crippen molar-refractivity contribution in [2.45, 2.75) is 13.3 Å². The van der Waals surface area contributed by atoms with Crippen molar-refractivity contribution < 1.29 is 9.53 Å². The van der Waals surface area contributed by atoms with Gasteiger partial charge < -0.3 is 10.1 Å². The minimum absolute atomic E-state index is 0.0226. The maximum absolute atomic E-state index is 11.5. The number of hydrogen-bond donors (Lipinski definition) is 1. The summed E-state index contributed by atoms with van der Waals surface area (Å²) in [5.41, 5.74) is 0.781. The molecule has 1 rings (SSSR count). The van der Waals surface area contributed by atoms with Gasteiger partial charge in [0.1, 0.15) is 12.7 Å². The molecule has 0 spiro atoms. The topological polar surface area (TPSA) is 62.1 Å². The molecule has 1 N–H and O–H groups in total. The summed E-state index contributed by atoms with van der Waals surface area (Å²) in [5, 5.41) is 11.9. The monoisotopic (exact) mass is 252 g/mol. The Bertz CT molecular complexity index is 441. The van der Waals surface area contributed by atoms with Crippen LogP contribution < -0.4 is 5.32 Å². The second kappa shape index (κ2) is 6.89. The molecule has 0 saturated carbocycles. The van der Waals surface area contributed by atoms with E-state index in [2.05, 4.69) is 5.32 Å². The van der Waals surface area contributed by atoms with Gasteiger partial charge in [-0.05, 0) is 24.6 Å². The minimum Gasteiger partial charge on any atom is -0.372 e. The van der Waals surface area contributed by atoms with E-state index in [0.29, 0.717) is 22.9 Å². The van der Waals surface area contributed by atoms with Crippen molar-refractivity contribution in [2.24, 2.45) is 0 Å². The summed E-state index contributed by atoms with van der Waals surface area (Å²) in [6.45, 7) is 2.47. The average Bonchev–Trinajstić information content (AvgIpc) is 2.29. The van der Waals surface area contributed by atoms with E-state index in [1.807, 2.05) is 13.0 Å². The molecule has 4 nitrogen and oxygen atoms in total. The van der Waals surface area contributed by atoms with Crippen molar-refractivity contribution in [3.05, 3.63) is 28.8 Å². The summed E-state index contributed by atoms with van der Waals surface area (Å²) in [6.07, 6.45) is 0.855. The van der Waals surface area contributed by atoms with Crippen molar-refractivity contribution in [2.75, 3.05) is 18.5 Å². The lowest BCUT2D eigenvalue weighted by atomic mass is 10.2. The molecule has 1 amide bonds. The van der Waals surface area contributed by atoms with E-state index in [1.54, 1.807) is 12.1 Å². The second-order valence-electron chi connectivity index (χ2n) is 3.40. The second-order valence-corrected chi connectivity index (χ2v) is 3.84. The Labute approximate surface area is 105 Å². The molecule has 0 aromatic heterocycles. The third-order valence-corrected chi connectivity index (χ3v) is 2.19. The third-order valence-electron chi connectivity index (χ3n) is 1.96. The molecule has 0 radical (unpaired) electrons. The highest BCUT2D eigenvalue weighted by molar-refractivity contribution is 6.31. The number of nitrogens with one attached hydrogen (secondary N) is 1. The SMILES string of the molecule is CCCOCC(=O)Nc1cc(Cl)ccc1C#N. The number of hydrogen-bond acceptors (Lipinski definition) is 3. The van der Waals surface area contributed by atoms with E-state index in [9.17, 15) is 4.79 Å². The van der Waals surface area contributed by atoms with Gasteiger partial charge >= 0.3 is 0 Å². The smallest absolute Gasteiger partial charge is 0.250 e. The molecule has 0 fully saturated rings. The van der Waals surface area contributed by atoms with Gasteiger partial charge in [0.2, 0.25) is 5.91 Å². The van der Waals surface area contributed by atoms with Crippen LogP contribution in [0, 0.1) is 11.3 Å². The van der Waals surface area contributed by atoms with Crippen LogP contribution in [0.15, 0.2) is 18.2 Å². The number of carbonyl (C=O) groups excluding carboxylic acids is 1. The number of carbonyl (C=O) groups is 1. The zero-order valence-electron chi connectivity index (χ0n) is 9.50. The average molecular weight is 253 g/mol. The number of nitriles is 1. The van der Waals surface area contributed by atoms with Gasteiger partial charge in [-0.2, -0.15) is 5.26 Å². The Morgan fingerprint density at radius 1 is 1.59 bits per heavy atom. The molecule has 0 heterocycles. The predicted octanol–water partition coefficient (Wildman–Crippen LogP) is 2.58. The molecule has 90 valence electrons. The molecule has 0 unspecified atom stereocenters. The van der Waals surface area contributed by atoms with Crippen LogP contribution in [0.4, 0.5) is 5.69 Å². The molecule has 0 atom stereocenters. The first-order chi connectivity index (χ1) is 8.17. The van der Waals surface area contributed by atoms with E-state index in [4.69, 9.17) is 21.6 Å². The summed E-state index contributed by atoms with van der Waals surface area (Å²) in [5.74, 6) is -0.294. The minimum atomic E-state index is -0.294. The highest BCUT2D eigenvalue weighted by atomic mass is 35.5. The summed E-state index contributed by atoms with van der Waals surface area (Å²) in [7, 11) is 0. The lowest BCUT2D eigenvalue weighted by Gasteiger charge is -2.07. The maximum Gasteiger partial charge on any atom is 0.250 e. The van der Waals surface area contributed by atoms with Gasteiger partial charge in [0.25, 0.3) is 0 Å². The van der Waals surface area contributed by atoms with Gasteiger partial charge in [-0.15, -0.1) is 0 Å². The molecular weight excluding hydrogens is 240 g/mol. The van der Waals surface area contributed by atoms with Crippen LogP contribution in [0.25, 0.3) is 0 Å². The normalized spacial score (nSPS) is 9.71. The van der Waals surface area contributed by atoms with Crippen LogP contribution in [-0.4, -0.2) is 19.1 Å². The molecule has 17 heavy (non-hydrogen) atoms. The zero-order valence-corrected chi connectivity index (χ0v) is 10.3. The first kappa shape index (κ1) is 13.5. The fourth-order valence-electron chi connectivity index (χ4n) is 1.21. The van der Waals surface area contributed by atoms with Crippen LogP contribution in [0.5, 0.6) is 0 Å². The highest BCUT2D eigenvalue weighted by Gasteiger charge is 2.07. The number of anilines is 1. The lowest BCUT2D eigenvalue weighted by molar-refractivity contribution is -0.120. The summed E-state index contributed by atoms with van der Waals surface area (Å²) < 4.78 is 5.09. The Morgan fingerprint density at radius 2 is 2.35 bits per heavy atom. The van der Waals surface area contributed by atoms with Crippen molar-refractivity contribution in [3.8, 4) is 6.07 Å². The van der Waals surface area contributed by atoms with E-state index in [1.165, 1.54) is 6.07 Å². The van der Waals surface area contributed by atoms with Gasteiger partial charge in [-0.1, -0.05) is 18.5 Å². The molecule has 0 saturated heterocycles. The molecule has 1 aromatic rings. The summed E-state index contributed by atoms with van der Waals surface area (Å²) in [4.78, 5) is 11.5. The molecule has 5 heteroatoms. The zero-order chi connectivity index (χ0) is 12.7. The molecular formula is C12H13ClN2O2. The lowest BCUT2D eigenvalue weighted by Crippen LogP contribution is -2.19. The van der Waals surface area contributed by atoms with Gasteiger partial charge in [-0.25, -0.2) is 0 Å². The number of halogens is 1. The number of amides is 1. The van der Waals surface area contributed by atoms with Crippen LogP contribution in [0.3, 0.4) is 0 Å². The van der Waals surface area contributed by atoms with Crippen molar-refractivity contribution in [1.29, 1.82) is 5.26 Å². The molecule has 0 aliphatic carbocycles. The Kier molecular flexibility index (Phi) is 5.47. The third kappa shape index (κ3) is 4.43. The first-order valence-electron chi connectivity index (χ1n) is 5.24. The molecule has 0 aliphatic heterocycles. The number of nitrogens with zero attached hydrogens (tertiary/aromatic N) is 1. The fraction of sp³-hybridized carbons (Fsp3) is 0.333. The van der Waals surface area contributed by atoms with Gasteiger partial charge in [-0.3, -0.25) is 4.79 Å². The van der Waals surface area contributed by atoms with Crippen LogP contribution in [0.2, 0.25) is 5.02 Å². The number of ether oxygens (including phenoxy) is 1. The Morgan fingerprint density at radius 3 is 3.00 bits per heavy atom. The highest BCUT2D eigenvalue weighted by Crippen LogP contribution is 2.20. The number of benzene rings is 1. The quantitative estimate of drug-likeness (QED) is 0.820. The van der Waals surface area contributed by atoms with E-state index in [-0.39, 0.29) is 12.5 Å². The summed E-state index contributed by atoms with van der Waals surface area (Å²) in [6, 6.07) is 6.68. The molecule has 0 bridgehead atoms. The largest absolute Gasteiger partial charge is 0.372 e. The molecule has 0 aliphatic rings. The van der Waals surface area contributed by atoms with Crippen molar-refractivity contribution in [3.63, 3.8) is 0 Å². The standard InChI is InChI=1S/C12H13ClN2O2/c1-2-5-17-8-12(16)15-11-6-10(13)4-3-9(11)7-14/h3-4,6H,2,5,8H2,1H3,(H,15,16). The Hall–Kier alpha value is -1.57. The number of rotatable bonds is 5. The van der Waals surface area contributed by atoms with E-state index < -0.39 is 0 Å². The van der Waals surface area contributed by atoms with Crippen molar-refractivity contribution in [1.82, 2.24) is 0 Å². The van der Waals surface area contributed by atoms with Crippen LogP contribution in [0.1, 0.15) is 18.9 Å². The fourth-order valence-corrected chi connectivity index (χ4v) is 1.38. The molecule has 1 aromatic carbocycles. The van der Waals surface area contributed by atoms with Gasteiger partial charge in [0, 0.05) is 11.6 Å². The van der Waals surface area contributed by atoms with Crippen molar-refractivity contribution >= 4 is 23.2 Å². The van der Waals surface area contributed by atoms with E-state index >= 15 is 0 Å². The maximum atomic E-state index is 11.5. The van der Waals surface area contributed by atoms with Crippen LogP contribution >= 0.6 is 11.6 Å². The first-order valence-corrected chi connectivity index (χ1v) is 5.62. The van der Waals surface area contributed by atoms with Crippen LogP contribution in [-0.2, 0) is 9.53 Å². The summed E-state index contributed by atoms with van der Waals surface area (Å²) >= 11 is 5.79.